The molecule has 0 spiro atoms. The van der Waals surface area contributed by atoms with Crippen molar-refractivity contribution in [2.75, 3.05) is 13.2 Å². The largest absolute Gasteiger partial charge is 0.490 e. The van der Waals surface area contributed by atoms with Crippen molar-refractivity contribution >= 4 is 0 Å². The molecule has 0 atom stereocenters. The van der Waals surface area contributed by atoms with Crippen molar-refractivity contribution in [3.05, 3.63) is 35.7 Å². The summed E-state index contributed by atoms with van der Waals surface area (Å²) in [6, 6.07) is 2.25. The van der Waals surface area contributed by atoms with Crippen LogP contribution in [0.2, 0.25) is 0 Å². The Kier molecular flexibility index (Phi) is 6.27. The maximum atomic E-state index is 13.5. The van der Waals surface area contributed by atoms with Crippen molar-refractivity contribution in [3.63, 3.8) is 0 Å². The van der Waals surface area contributed by atoms with Gasteiger partial charge in [0.25, 0.3) is 0 Å². The van der Waals surface area contributed by atoms with Gasteiger partial charge in [-0.05, 0) is 18.6 Å². The molecule has 0 heterocycles. The lowest BCUT2D eigenvalue weighted by atomic mass is 10.3. The van der Waals surface area contributed by atoms with Crippen molar-refractivity contribution in [1.82, 2.24) is 0 Å². The third kappa shape index (κ3) is 4.40. The summed E-state index contributed by atoms with van der Waals surface area (Å²) >= 11 is 0. The first-order valence-electron chi connectivity index (χ1n) is 5.90. The first kappa shape index (κ1) is 16.3. The van der Waals surface area contributed by atoms with Crippen molar-refractivity contribution in [3.8, 4) is 11.5 Å². The molecule has 1 aromatic rings. The zero-order valence-corrected chi connectivity index (χ0v) is 10.7. The zero-order valence-electron chi connectivity index (χ0n) is 10.7. The molecule has 0 aliphatic rings. The van der Waals surface area contributed by atoms with Gasteiger partial charge >= 0.3 is 6.08 Å². The van der Waals surface area contributed by atoms with E-state index in [4.69, 9.17) is 9.47 Å². The summed E-state index contributed by atoms with van der Waals surface area (Å²) in [5.41, 5.74) is 0. The highest BCUT2D eigenvalue weighted by Crippen LogP contribution is 2.28. The van der Waals surface area contributed by atoms with Crippen molar-refractivity contribution in [1.29, 1.82) is 0 Å². The van der Waals surface area contributed by atoms with Crippen LogP contribution in [-0.2, 0) is 0 Å². The summed E-state index contributed by atoms with van der Waals surface area (Å²) in [5, 5.41) is 0. The van der Waals surface area contributed by atoms with Gasteiger partial charge in [-0.3, -0.25) is 0 Å². The molecule has 0 aliphatic heterocycles. The quantitative estimate of drug-likeness (QED) is 0.685. The average molecular weight is 296 g/mol. The van der Waals surface area contributed by atoms with Gasteiger partial charge in [-0.2, -0.15) is 17.6 Å². The van der Waals surface area contributed by atoms with Gasteiger partial charge in [0.15, 0.2) is 17.3 Å². The minimum Gasteiger partial charge on any atom is -0.490 e. The van der Waals surface area contributed by atoms with Crippen molar-refractivity contribution in [2.24, 2.45) is 0 Å². The molecule has 112 valence electrons. The number of halogens is 5. The second-order valence-electron chi connectivity index (χ2n) is 3.80. The van der Waals surface area contributed by atoms with E-state index in [1.54, 1.807) is 6.92 Å². The Morgan fingerprint density at radius 1 is 0.950 bits per heavy atom. The van der Waals surface area contributed by atoms with E-state index in [2.05, 4.69) is 0 Å². The smallest absolute Gasteiger partial charge is 0.301 e. The fourth-order valence-electron chi connectivity index (χ4n) is 1.29. The van der Waals surface area contributed by atoms with Crippen LogP contribution in [0.15, 0.2) is 24.0 Å². The molecule has 0 radical (unpaired) electrons. The van der Waals surface area contributed by atoms with Gasteiger partial charge in [0.2, 0.25) is 11.6 Å². The number of hydrogen-bond acceptors (Lipinski definition) is 2. The molecule has 0 unspecified atom stereocenters. The number of benzene rings is 1. The standard InChI is InChI=1S/C13H13F5O2/c1-2-6-19-9-3-4-10(12(16)11(9)15)20-7-5-8(14)13(17)18/h3-4H,2,5-7H2,1H3. The first-order chi connectivity index (χ1) is 9.47. The summed E-state index contributed by atoms with van der Waals surface area (Å²) in [6.45, 7) is 1.49. The molecule has 0 bridgehead atoms. The molecule has 0 aliphatic carbocycles. The fraction of sp³-hybridized carbons (Fsp3) is 0.385. The normalized spacial score (nSPS) is 10.3. The Morgan fingerprint density at radius 2 is 1.45 bits per heavy atom. The maximum absolute atomic E-state index is 13.5. The molecule has 7 heteroatoms. The highest BCUT2D eigenvalue weighted by Gasteiger charge is 2.16. The third-order valence-corrected chi connectivity index (χ3v) is 2.26. The van der Waals surface area contributed by atoms with E-state index in [0.29, 0.717) is 6.42 Å². The fourth-order valence-corrected chi connectivity index (χ4v) is 1.29. The summed E-state index contributed by atoms with van der Waals surface area (Å²) in [4.78, 5) is 0. The molecular weight excluding hydrogens is 283 g/mol. The molecule has 0 aromatic heterocycles. The van der Waals surface area contributed by atoms with Gasteiger partial charge in [-0.15, -0.1) is 0 Å². The molecule has 0 saturated carbocycles. The van der Waals surface area contributed by atoms with E-state index in [1.807, 2.05) is 0 Å². The molecule has 20 heavy (non-hydrogen) atoms. The van der Waals surface area contributed by atoms with Gasteiger partial charge in [-0.25, -0.2) is 4.39 Å². The maximum Gasteiger partial charge on any atom is 0.301 e. The molecule has 0 fully saturated rings. The number of hydrogen-bond donors (Lipinski definition) is 0. The molecule has 0 N–H and O–H groups in total. The predicted octanol–water partition coefficient (Wildman–Crippen LogP) is 4.60. The second-order valence-corrected chi connectivity index (χ2v) is 3.80. The summed E-state index contributed by atoms with van der Waals surface area (Å²) < 4.78 is 72.7. The van der Waals surface area contributed by atoms with Crippen LogP contribution in [0.4, 0.5) is 22.0 Å². The van der Waals surface area contributed by atoms with Crippen LogP contribution in [0.3, 0.4) is 0 Å². The van der Waals surface area contributed by atoms with E-state index in [1.165, 1.54) is 0 Å². The highest BCUT2D eigenvalue weighted by atomic mass is 19.3. The van der Waals surface area contributed by atoms with Crippen LogP contribution < -0.4 is 9.47 Å². The Labute approximate surface area is 112 Å². The van der Waals surface area contributed by atoms with Gasteiger partial charge in [0, 0.05) is 6.42 Å². The average Bonchev–Trinajstić information content (AvgIpc) is 2.42. The van der Waals surface area contributed by atoms with Crippen LogP contribution in [0.25, 0.3) is 0 Å². The molecule has 1 rings (SSSR count). The summed E-state index contributed by atoms with van der Waals surface area (Å²) in [7, 11) is 0. The monoisotopic (exact) mass is 296 g/mol. The lowest BCUT2D eigenvalue weighted by Crippen LogP contribution is -2.04. The lowest BCUT2D eigenvalue weighted by Gasteiger charge is -2.10. The lowest BCUT2D eigenvalue weighted by molar-refractivity contribution is 0.268. The third-order valence-electron chi connectivity index (χ3n) is 2.26. The van der Waals surface area contributed by atoms with Crippen LogP contribution in [0, 0.1) is 11.6 Å². The summed E-state index contributed by atoms with van der Waals surface area (Å²) in [5.74, 6) is -4.93. The van der Waals surface area contributed by atoms with E-state index < -0.39 is 42.3 Å². The van der Waals surface area contributed by atoms with Crippen LogP contribution >= 0.6 is 0 Å². The molecule has 0 amide bonds. The van der Waals surface area contributed by atoms with E-state index in [9.17, 15) is 22.0 Å². The zero-order chi connectivity index (χ0) is 15.1. The molecule has 1 aromatic carbocycles. The van der Waals surface area contributed by atoms with Gasteiger partial charge < -0.3 is 9.47 Å². The predicted molar refractivity (Wildman–Crippen MR) is 62.6 cm³/mol. The highest BCUT2D eigenvalue weighted by molar-refractivity contribution is 5.35. The SMILES string of the molecule is CCCOc1ccc(OCCC(F)=C(F)F)c(F)c1F. The first-order valence-corrected chi connectivity index (χ1v) is 5.90. The van der Waals surface area contributed by atoms with E-state index >= 15 is 0 Å². The van der Waals surface area contributed by atoms with Gasteiger partial charge in [0.1, 0.15) is 0 Å². The molecule has 2 nitrogen and oxygen atoms in total. The van der Waals surface area contributed by atoms with Crippen molar-refractivity contribution < 1.29 is 31.4 Å². The Morgan fingerprint density at radius 3 is 1.90 bits per heavy atom. The van der Waals surface area contributed by atoms with Crippen molar-refractivity contribution in [2.45, 2.75) is 19.8 Å². The van der Waals surface area contributed by atoms with Crippen LogP contribution in [0.5, 0.6) is 11.5 Å². The van der Waals surface area contributed by atoms with Crippen LogP contribution in [0.1, 0.15) is 19.8 Å². The number of ether oxygens (including phenoxy) is 2. The molecule has 0 saturated heterocycles. The number of rotatable bonds is 7. The second kappa shape index (κ2) is 7.72. The minimum absolute atomic E-state index is 0.225. The Hall–Kier alpha value is -1.79. The minimum atomic E-state index is -2.46. The molecular formula is C13H13F5O2. The topological polar surface area (TPSA) is 18.5 Å². The van der Waals surface area contributed by atoms with E-state index in [0.717, 1.165) is 12.1 Å². The van der Waals surface area contributed by atoms with Gasteiger partial charge in [-0.1, -0.05) is 6.92 Å². The van der Waals surface area contributed by atoms with Crippen LogP contribution in [-0.4, -0.2) is 13.2 Å². The Bertz CT molecular complexity index is 484. The van der Waals surface area contributed by atoms with Gasteiger partial charge in [0.05, 0.1) is 13.2 Å². The van der Waals surface area contributed by atoms with E-state index in [-0.39, 0.29) is 12.4 Å². The Balaban J connectivity index is 2.68. The summed E-state index contributed by atoms with van der Waals surface area (Å²) in [6.07, 6.45) is -2.56.